The van der Waals surface area contributed by atoms with Crippen LogP contribution in [0.4, 0.5) is 0 Å². The maximum absolute atomic E-state index is 10.6. The quantitative estimate of drug-likeness (QED) is 0.795. The van der Waals surface area contributed by atoms with E-state index >= 15 is 0 Å². The summed E-state index contributed by atoms with van der Waals surface area (Å²) in [7, 11) is 0. The first kappa shape index (κ1) is 14.1. The Hall–Kier alpha value is -1.48. The maximum atomic E-state index is 10.6. The van der Waals surface area contributed by atoms with Crippen LogP contribution in [0.1, 0.15) is 22.3 Å². The molecule has 1 N–H and O–H groups in total. The molecular formula is C14H16N4O2S2. The molecule has 1 aliphatic rings. The second-order valence-electron chi connectivity index (χ2n) is 5.25. The number of aryl methyl sites for hydroxylation is 1. The Morgan fingerprint density at radius 2 is 2.18 bits per heavy atom. The van der Waals surface area contributed by atoms with Gasteiger partial charge < -0.3 is 9.84 Å². The van der Waals surface area contributed by atoms with E-state index in [1.807, 2.05) is 6.92 Å². The van der Waals surface area contributed by atoms with E-state index < -0.39 is 0 Å². The van der Waals surface area contributed by atoms with Crippen molar-refractivity contribution in [3.63, 3.8) is 0 Å². The van der Waals surface area contributed by atoms with E-state index in [-0.39, 0.29) is 11.9 Å². The van der Waals surface area contributed by atoms with Gasteiger partial charge in [-0.1, -0.05) is 11.3 Å². The first-order valence-electron chi connectivity index (χ1n) is 7.13. The van der Waals surface area contributed by atoms with Crippen LogP contribution in [0.5, 0.6) is 5.88 Å². The van der Waals surface area contributed by atoms with Crippen molar-refractivity contribution in [2.45, 2.75) is 13.0 Å². The largest absolute Gasteiger partial charge is 0.492 e. The highest BCUT2D eigenvalue weighted by Gasteiger charge is 2.30. The van der Waals surface area contributed by atoms with Crippen molar-refractivity contribution < 1.29 is 9.84 Å². The lowest BCUT2D eigenvalue weighted by atomic mass is 10.1. The second kappa shape index (κ2) is 5.62. The maximum Gasteiger partial charge on any atom is 0.230 e. The fraction of sp³-hybridized carbons (Fsp3) is 0.429. The van der Waals surface area contributed by atoms with E-state index in [1.54, 1.807) is 11.3 Å². The molecule has 116 valence electrons. The van der Waals surface area contributed by atoms with E-state index in [9.17, 15) is 5.11 Å². The lowest BCUT2D eigenvalue weighted by molar-refractivity contribution is 0.0242. The number of morpholine rings is 1. The molecule has 6 nitrogen and oxygen atoms in total. The number of hydrogen-bond acceptors (Lipinski definition) is 7. The lowest BCUT2D eigenvalue weighted by Crippen LogP contribution is -2.39. The van der Waals surface area contributed by atoms with Crippen LogP contribution in [0.15, 0.2) is 16.8 Å². The first-order chi connectivity index (χ1) is 10.7. The van der Waals surface area contributed by atoms with E-state index in [4.69, 9.17) is 4.74 Å². The Morgan fingerprint density at radius 3 is 2.86 bits per heavy atom. The van der Waals surface area contributed by atoms with Gasteiger partial charge in [0.15, 0.2) is 0 Å². The zero-order valence-corrected chi connectivity index (χ0v) is 13.7. The normalized spacial score (nSPS) is 18.0. The minimum absolute atomic E-state index is 0.0314. The topological polar surface area (TPSA) is 62.9 Å². The summed E-state index contributed by atoms with van der Waals surface area (Å²) in [5, 5.41) is 19.1. The summed E-state index contributed by atoms with van der Waals surface area (Å²) in [6.07, 6.45) is 0. The number of hydrogen-bond donors (Lipinski definition) is 1. The average molecular weight is 336 g/mol. The zero-order chi connectivity index (χ0) is 15.1. The van der Waals surface area contributed by atoms with Crippen molar-refractivity contribution in [2.24, 2.45) is 0 Å². The van der Waals surface area contributed by atoms with Gasteiger partial charge in [0, 0.05) is 13.1 Å². The molecule has 4 heterocycles. The molecule has 1 aliphatic heterocycles. The molecule has 4 rings (SSSR count). The molecule has 0 saturated carbocycles. The first-order valence-corrected chi connectivity index (χ1v) is 8.89. The number of fused-ring (bicyclic) bond motifs is 1. The van der Waals surface area contributed by atoms with Gasteiger partial charge in [-0.2, -0.15) is 15.9 Å². The molecule has 0 spiro atoms. The number of aromatic hydroxyl groups is 1. The summed E-state index contributed by atoms with van der Waals surface area (Å²) in [6.45, 7) is 4.99. The van der Waals surface area contributed by atoms with Crippen molar-refractivity contribution >= 4 is 27.6 Å². The minimum Gasteiger partial charge on any atom is -0.492 e. The Morgan fingerprint density at radius 1 is 1.36 bits per heavy atom. The molecule has 22 heavy (non-hydrogen) atoms. The van der Waals surface area contributed by atoms with Crippen molar-refractivity contribution in [3.05, 3.63) is 33.1 Å². The van der Waals surface area contributed by atoms with Gasteiger partial charge in [0.1, 0.15) is 5.82 Å². The van der Waals surface area contributed by atoms with E-state index in [1.165, 1.54) is 21.4 Å². The molecule has 3 aromatic rings. The van der Waals surface area contributed by atoms with E-state index in [0.717, 1.165) is 36.1 Å². The number of aromatic nitrogens is 3. The average Bonchev–Trinajstić information content (AvgIpc) is 3.22. The summed E-state index contributed by atoms with van der Waals surface area (Å²) >= 11 is 3.18. The molecule has 0 aliphatic carbocycles. The third-order valence-electron chi connectivity index (χ3n) is 3.82. The summed E-state index contributed by atoms with van der Waals surface area (Å²) in [5.74, 6) is 0.870. The molecule has 1 saturated heterocycles. The van der Waals surface area contributed by atoms with Crippen LogP contribution in [0.3, 0.4) is 0 Å². The van der Waals surface area contributed by atoms with Crippen LogP contribution in [0.2, 0.25) is 0 Å². The van der Waals surface area contributed by atoms with Gasteiger partial charge >= 0.3 is 0 Å². The lowest BCUT2D eigenvalue weighted by Gasteiger charge is -2.33. The number of rotatable bonds is 3. The summed E-state index contributed by atoms with van der Waals surface area (Å²) in [5.41, 5.74) is 1.20. The van der Waals surface area contributed by atoms with Gasteiger partial charge in [-0.3, -0.25) is 4.90 Å². The molecule has 0 radical (unpaired) electrons. The van der Waals surface area contributed by atoms with Crippen molar-refractivity contribution in [2.75, 3.05) is 26.3 Å². The Balaban J connectivity index is 1.81. The predicted molar refractivity (Wildman–Crippen MR) is 85.8 cm³/mol. The van der Waals surface area contributed by atoms with Crippen molar-refractivity contribution in [1.29, 1.82) is 0 Å². The Kier molecular flexibility index (Phi) is 3.61. The molecule has 8 heteroatoms. The van der Waals surface area contributed by atoms with Crippen LogP contribution in [0, 0.1) is 6.92 Å². The standard InChI is InChI=1S/C14H16N4O2S2/c1-9-15-14-18(16-9)13(19)12(22-14)11(10-2-7-21-8-10)17-3-5-20-6-4-17/h2,7-8,11,19H,3-6H2,1H3. The molecule has 0 bridgehead atoms. The molecular weight excluding hydrogens is 320 g/mol. The van der Waals surface area contributed by atoms with Crippen LogP contribution < -0.4 is 0 Å². The molecule has 1 fully saturated rings. The highest BCUT2D eigenvalue weighted by atomic mass is 32.1. The van der Waals surface area contributed by atoms with Crippen LogP contribution in [-0.4, -0.2) is 50.9 Å². The molecule has 3 aromatic heterocycles. The monoisotopic (exact) mass is 336 g/mol. The van der Waals surface area contributed by atoms with E-state index in [2.05, 4.69) is 31.8 Å². The summed E-state index contributed by atoms with van der Waals surface area (Å²) in [4.78, 5) is 8.36. The van der Waals surface area contributed by atoms with Gasteiger partial charge in [0.05, 0.1) is 24.1 Å². The molecule has 1 unspecified atom stereocenters. The SMILES string of the molecule is Cc1nc2sc(C(c3ccsc3)N3CCOCC3)c(O)n2n1. The fourth-order valence-corrected chi connectivity index (χ4v) is 4.66. The zero-order valence-electron chi connectivity index (χ0n) is 12.1. The van der Waals surface area contributed by atoms with Gasteiger partial charge in [0.25, 0.3) is 0 Å². The highest BCUT2D eigenvalue weighted by molar-refractivity contribution is 7.17. The van der Waals surface area contributed by atoms with Crippen LogP contribution in [-0.2, 0) is 4.74 Å². The third-order valence-corrected chi connectivity index (χ3v) is 5.60. The number of nitrogens with zero attached hydrogens (tertiary/aromatic N) is 4. The van der Waals surface area contributed by atoms with Gasteiger partial charge in [-0.25, -0.2) is 4.98 Å². The molecule has 0 amide bonds. The number of ether oxygens (including phenoxy) is 1. The van der Waals surface area contributed by atoms with Crippen molar-refractivity contribution in [1.82, 2.24) is 19.5 Å². The second-order valence-corrected chi connectivity index (χ2v) is 7.04. The van der Waals surface area contributed by atoms with Gasteiger partial charge in [-0.15, -0.1) is 5.10 Å². The number of thiophene rings is 1. The van der Waals surface area contributed by atoms with Crippen LogP contribution >= 0.6 is 22.7 Å². The number of thiazole rings is 1. The summed E-state index contributed by atoms with van der Waals surface area (Å²) < 4.78 is 7.00. The highest BCUT2D eigenvalue weighted by Crippen LogP contribution is 2.40. The Bertz CT molecular complexity index is 774. The van der Waals surface area contributed by atoms with E-state index in [0.29, 0.717) is 5.82 Å². The molecule has 1 atom stereocenters. The van der Waals surface area contributed by atoms with Crippen LogP contribution in [0.25, 0.3) is 4.96 Å². The minimum atomic E-state index is 0.0314. The Labute approximate surface area is 135 Å². The molecule has 0 aromatic carbocycles. The smallest absolute Gasteiger partial charge is 0.230 e. The van der Waals surface area contributed by atoms with Crippen molar-refractivity contribution in [3.8, 4) is 5.88 Å². The van der Waals surface area contributed by atoms with Gasteiger partial charge in [0.2, 0.25) is 10.8 Å². The van der Waals surface area contributed by atoms with Gasteiger partial charge in [-0.05, 0) is 29.3 Å². The summed E-state index contributed by atoms with van der Waals surface area (Å²) in [6, 6.07) is 2.15. The predicted octanol–water partition coefficient (Wildman–Crippen LogP) is 2.29. The fourth-order valence-electron chi connectivity index (χ4n) is 2.82. The third kappa shape index (κ3) is 2.32.